The van der Waals surface area contributed by atoms with E-state index in [4.69, 9.17) is 5.73 Å². The molecule has 2 N–H and O–H groups in total. The lowest BCUT2D eigenvalue weighted by molar-refractivity contribution is 0.719. The summed E-state index contributed by atoms with van der Waals surface area (Å²) in [4.78, 5) is 2.21. The summed E-state index contributed by atoms with van der Waals surface area (Å²) in [6.45, 7) is 5.77. The lowest BCUT2D eigenvalue weighted by Gasteiger charge is -2.19. The largest absolute Gasteiger partial charge is 0.360 e. The Bertz CT molecular complexity index is 303. The van der Waals surface area contributed by atoms with Crippen LogP contribution in [0.2, 0.25) is 0 Å². The smallest absolute Gasteiger partial charge is 0.131 e. The fourth-order valence-corrected chi connectivity index (χ4v) is 1.85. The zero-order chi connectivity index (χ0) is 10.7. The maximum atomic E-state index is 5.72. The molecule has 0 amide bonds. The van der Waals surface area contributed by atoms with Gasteiger partial charge in [-0.2, -0.15) is 5.10 Å². The average Bonchev–Trinajstić information content (AvgIpc) is 2.40. The van der Waals surface area contributed by atoms with Crippen molar-refractivity contribution in [2.75, 3.05) is 18.5 Å². The third-order valence-electron chi connectivity index (χ3n) is 2.44. The average molecular weight is 196 g/mol. The Balaban J connectivity index is 3.04. The van der Waals surface area contributed by atoms with Crippen LogP contribution in [-0.4, -0.2) is 23.4 Å². The Hall–Kier alpha value is -1.03. The maximum absolute atomic E-state index is 5.72. The topological polar surface area (TPSA) is 47.1 Å². The van der Waals surface area contributed by atoms with Gasteiger partial charge in [0.05, 0.1) is 5.69 Å². The van der Waals surface area contributed by atoms with Crippen molar-refractivity contribution in [2.45, 2.75) is 26.8 Å². The molecule has 1 rings (SSSR count). The van der Waals surface area contributed by atoms with E-state index >= 15 is 0 Å². The van der Waals surface area contributed by atoms with E-state index in [1.165, 1.54) is 0 Å². The molecule has 0 aliphatic carbocycles. The highest BCUT2D eigenvalue weighted by atomic mass is 15.4. The van der Waals surface area contributed by atoms with Gasteiger partial charge in [0.25, 0.3) is 0 Å². The quantitative estimate of drug-likeness (QED) is 0.782. The van der Waals surface area contributed by atoms with Crippen molar-refractivity contribution < 1.29 is 0 Å². The van der Waals surface area contributed by atoms with Gasteiger partial charge in [0.1, 0.15) is 5.82 Å². The Morgan fingerprint density at radius 3 is 2.64 bits per heavy atom. The van der Waals surface area contributed by atoms with E-state index in [0.29, 0.717) is 6.54 Å². The molecule has 0 spiro atoms. The zero-order valence-electron chi connectivity index (χ0n) is 9.54. The van der Waals surface area contributed by atoms with Crippen LogP contribution in [0, 0.1) is 6.92 Å². The third kappa shape index (κ3) is 1.90. The zero-order valence-corrected chi connectivity index (χ0v) is 9.54. The number of aryl methyl sites for hydroxylation is 2. The minimum atomic E-state index is 0.559. The van der Waals surface area contributed by atoms with E-state index in [1.54, 1.807) is 0 Å². The molecule has 14 heavy (non-hydrogen) atoms. The van der Waals surface area contributed by atoms with Crippen molar-refractivity contribution in [1.82, 2.24) is 9.78 Å². The molecular weight excluding hydrogens is 176 g/mol. The van der Waals surface area contributed by atoms with Crippen LogP contribution in [0.5, 0.6) is 0 Å². The monoisotopic (exact) mass is 196 g/mol. The van der Waals surface area contributed by atoms with E-state index in [2.05, 4.69) is 24.0 Å². The van der Waals surface area contributed by atoms with Gasteiger partial charge in [0, 0.05) is 32.7 Å². The summed E-state index contributed by atoms with van der Waals surface area (Å²) in [6.07, 6.45) is 1.13. The van der Waals surface area contributed by atoms with Crippen LogP contribution < -0.4 is 10.6 Å². The molecule has 0 radical (unpaired) electrons. The number of hydrogen-bond donors (Lipinski definition) is 1. The van der Waals surface area contributed by atoms with Crippen molar-refractivity contribution in [3.05, 3.63) is 11.3 Å². The minimum absolute atomic E-state index is 0.559. The van der Waals surface area contributed by atoms with Crippen LogP contribution >= 0.6 is 0 Å². The lowest BCUT2D eigenvalue weighted by atomic mass is 10.2. The van der Waals surface area contributed by atoms with Gasteiger partial charge in [-0.05, 0) is 13.3 Å². The van der Waals surface area contributed by atoms with Crippen molar-refractivity contribution in [3.8, 4) is 0 Å². The molecule has 1 aromatic heterocycles. The molecule has 4 heteroatoms. The molecule has 0 saturated heterocycles. The summed E-state index contributed by atoms with van der Waals surface area (Å²) in [6, 6.07) is 0. The van der Waals surface area contributed by atoms with Crippen LogP contribution in [-0.2, 0) is 13.6 Å². The van der Waals surface area contributed by atoms with Crippen LogP contribution in [0.4, 0.5) is 5.82 Å². The summed E-state index contributed by atoms with van der Waals surface area (Å²) in [5.74, 6) is 1.15. The predicted molar refractivity (Wildman–Crippen MR) is 59.4 cm³/mol. The van der Waals surface area contributed by atoms with Crippen LogP contribution in [0.1, 0.15) is 24.6 Å². The highest BCUT2D eigenvalue weighted by molar-refractivity contribution is 5.49. The molecular formula is C10H20N4. The summed E-state index contributed by atoms with van der Waals surface area (Å²) >= 11 is 0. The van der Waals surface area contributed by atoms with Crippen LogP contribution in [0.25, 0.3) is 0 Å². The van der Waals surface area contributed by atoms with E-state index in [-0.39, 0.29) is 0 Å². The highest BCUT2D eigenvalue weighted by Crippen LogP contribution is 2.21. The molecule has 0 atom stereocenters. The number of nitrogens with zero attached hydrogens (tertiary/aromatic N) is 3. The predicted octanol–water partition coefficient (Wildman–Crippen LogP) is 1.03. The number of rotatable bonds is 4. The third-order valence-corrected chi connectivity index (χ3v) is 2.44. The Kier molecular flexibility index (Phi) is 3.52. The second kappa shape index (κ2) is 4.46. The highest BCUT2D eigenvalue weighted by Gasteiger charge is 2.14. The molecule has 0 aromatic carbocycles. The lowest BCUT2D eigenvalue weighted by Crippen LogP contribution is -2.22. The first-order valence-corrected chi connectivity index (χ1v) is 5.05. The van der Waals surface area contributed by atoms with Crippen molar-refractivity contribution in [2.24, 2.45) is 12.8 Å². The second-order valence-electron chi connectivity index (χ2n) is 3.64. The number of nitrogens with two attached hydrogens (primary N) is 1. The first-order valence-electron chi connectivity index (χ1n) is 5.05. The second-order valence-corrected chi connectivity index (χ2v) is 3.64. The van der Waals surface area contributed by atoms with E-state index in [1.807, 2.05) is 18.7 Å². The van der Waals surface area contributed by atoms with Crippen LogP contribution in [0.15, 0.2) is 0 Å². The molecule has 0 saturated carbocycles. The fourth-order valence-electron chi connectivity index (χ4n) is 1.85. The summed E-state index contributed by atoms with van der Waals surface area (Å²) in [5.41, 5.74) is 7.91. The van der Waals surface area contributed by atoms with Gasteiger partial charge in [-0.25, -0.2) is 0 Å². The Morgan fingerprint density at radius 2 is 2.14 bits per heavy atom. The van der Waals surface area contributed by atoms with E-state index < -0.39 is 0 Å². The fraction of sp³-hybridized carbons (Fsp3) is 0.700. The van der Waals surface area contributed by atoms with Gasteiger partial charge in [-0.3, -0.25) is 4.68 Å². The summed E-state index contributed by atoms with van der Waals surface area (Å²) in [7, 11) is 4.05. The number of anilines is 1. The molecule has 80 valence electrons. The SMILES string of the molecule is CCCN(C)c1c(CN)c(C)nn1C. The molecule has 0 aliphatic rings. The maximum Gasteiger partial charge on any atom is 0.131 e. The minimum Gasteiger partial charge on any atom is -0.360 e. The molecule has 0 fully saturated rings. The van der Waals surface area contributed by atoms with Crippen molar-refractivity contribution in [1.29, 1.82) is 0 Å². The number of hydrogen-bond acceptors (Lipinski definition) is 3. The first-order chi connectivity index (χ1) is 6.61. The molecule has 0 unspecified atom stereocenters. The van der Waals surface area contributed by atoms with Crippen molar-refractivity contribution in [3.63, 3.8) is 0 Å². The van der Waals surface area contributed by atoms with Crippen LogP contribution in [0.3, 0.4) is 0 Å². The summed E-state index contributed by atoms with van der Waals surface area (Å²) in [5, 5.41) is 4.38. The molecule has 0 aliphatic heterocycles. The van der Waals surface area contributed by atoms with Gasteiger partial charge in [-0.15, -0.1) is 0 Å². The standard InChI is InChI=1S/C10H20N4/c1-5-6-13(3)10-9(7-11)8(2)12-14(10)4/h5-7,11H2,1-4H3. The van der Waals surface area contributed by atoms with Gasteiger partial charge in [0.15, 0.2) is 0 Å². The van der Waals surface area contributed by atoms with Gasteiger partial charge >= 0.3 is 0 Å². The molecule has 4 nitrogen and oxygen atoms in total. The van der Waals surface area contributed by atoms with Gasteiger partial charge < -0.3 is 10.6 Å². The van der Waals surface area contributed by atoms with Crippen molar-refractivity contribution >= 4 is 5.82 Å². The summed E-state index contributed by atoms with van der Waals surface area (Å²) < 4.78 is 1.91. The number of aromatic nitrogens is 2. The van der Waals surface area contributed by atoms with E-state index in [9.17, 15) is 0 Å². The molecule has 1 aromatic rings. The Morgan fingerprint density at radius 1 is 1.50 bits per heavy atom. The molecule has 1 heterocycles. The van der Waals surface area contributed by atoms with E-state index in [0.717, 1.165) is 30.0 Å². The molecule has 0 bridgehead atoms. The Labute approximate surface area is 85.7 Å². The first kappa shape index (κ1) is 11.0. The van der Waals surface area contributed by atoms with Gasteiger partial charge in [0.2, 0.25) is 0 Å². The normalized spacial score (nSPS) is 10.6. The van der Waals surface area contributed by atoms with Gasteiger partial charge in [-0.1, -0.05) is 6.92 Å².